The lowest BCUT2D eigenvalue weighted by Gasteiger charge is -2.30. The first-order valence-corrected chi connectivity index (χ1v) is 9.67. The second-order valence-corrected chi connectivity index (χ2v) is 8.04. The Kier molecular flexibility index (Phi) is 6.99. The van der Waals surface area contributed by atoms with Crippen molar-refractivity contribution >= 4 is 17.6 Å². The zero-order valence-electron chi connectivity index (χ0n) is 15.8. The van der Waals surface area contributed by atoms with E-state index in [-0.39, 0.29) is 11.9 Å². The van der Waals surface area contributed by atoms with Gasteiger partial charge in [-0.3, -0.25) is 19.3 Å². The Morgan fingerprint density at radius 1 is 1.28 bits per heavy atom. The largest absolute Gasteiger partial charge is 0.363 e. The molecule has 4 atom stereocenters. The third kappa shape index (κ3) is 5.03. The fraction of sp³-hybridized carbons (Fsp3) is 0.842. The van der Waals surface area contributed by atoms with Crippen molar-refractivity contribution in [3.05, 3.63) is 0 Å². The lowest BCUT2D eigenvalue weighted by Crippen LogP contribution is -2.52. The van der Waals surface area contributed by atoms with Crippen molar-refractivity contribution in [2.24, 2.45) is 23.5 Å². The molecule has 142 valence electrons. The topological polar surface area (TPSA) is 92.5 Å². The van der Waals surface area contributed by atoms with E-state index in [9.17, 15) is 14.4 Å². The van der Waals surface area contributed by atoms with Gasteiger partial charge in [0.15, 0.2) is 0 Å². The molecule has 0 bridgehead atoms. The second-order valence-electron chi connectivity index (χ2n) is 8.04. The first-order valence-electron chi connectivity index (χ1n) is 9.67. The van der Waals surface area contributed by atoms with E-state index in [1.807, 2.05) is 7.05 Å². The molecule has 1 aliphatic heterocycles. The van der Waals surface area contributed by atoms with Crippen molar-refractivity contribution in [3.63, 3.8) is 0 Å². The van der Waals surface area contributed by atoms with Crippen molar-refractivity contribution < 1.29 is 14.4 Å². The fourth-order valence-electron chi connectivity index (χ4n) is 4.18. The first-order chi connectivity index (χ1) is 11.8. The lowest BCUT2D eigenvalue weighted by atomic mass is 9.80. The molecule has 0 spiro atoms. The molecule has 0 radical (unpaired) electrons. The highest BCUT2D eigenvalue weighted by molar-refractivity contribution is 6.37. The minimum Gasteiger partial charge on any atom is -0.363 e. The number of Topliss-reactive ketones (excluding diaryl/α,β-unsaturated/α-hetero) is 1. The molecule has 1 saturated carbocycles. The van der Waals surface area contributed by atoms with Crippen LogP contribution < -0.4 is 11.1 Å². The molecule has 0 aromatic rings. The van der Waals surface area contributed by atoms with Gasteiger partial charge in [-0.25, -0.2) is 0 Å². The lowest BCUT2D eigenvalue weighted by molar-refractivity contribution is -0.139. The molecule has 2 amide bonds. The van der Waals surface area contributed by atoms with Crippen LogP contribution in [0.25, 0.3) is 0 Å². The summed E-state index contributed by atoms with van der Waals surface area (Å²) in [5.41, 5.74) is 5.17. The van der Waals surface area contributed by atoms with E-state index in [0.717, 1.165) is 45.1 Å². The van der Waals surface area contributed by atoms with Gasteiger partial charge in [0.2, 0.25) is 11.7 Å². The molecular formula is C19H33N3O3. The van der Waals surface area contributed by atoms with Gasteiger partial charge in [-0.2, -0.15) is 0 Å². The van der Waals surface area contributed by atoms with Crippen molar-refractivity contribution in [3.8, 4) is 0 Å². The maximum absolute atomic E-state index is 12.7. The molecule has 2 fully saturated rings. The molecule has 1 heterocycles. The highest BCUT2D eigenvalue weighted by Gasteiger charge is 2.38. The molecule has 0 aromatic carbocycles. The van der Waals surface area contributed by atoms with Crippen LogP contribution >= 0.6 is 0 Å². The monoisotopic (exact) mass is 351 g/mol. The number of primary amides is 1. The number of likely N-dealkylation sites (tertiary alicyclic amines) is 1. The number of amides is 2. The maximum Gasteiger partial charge on any atom is 0.287 e. The standard InChI is InChI=1S/C19H33N3O3/c1-4-6-12(2)14-10-16(22(3)11-14)19(25)21-15(17(23)18(20)24)9-13-7-5-8-13/h12-16H,4-11H2,1-3H3,(H2,20,24)(H,21,25)/t12?,14-,15?,16?/m1/s1. The van der Waals surface area contributed by atoms with Gasteiger partial charge in [0.25, 0.3) is 5.91 Å². The van der Waals surface area contributed by atoms with Crippen LogP contribution in [-0.4, -0.2) is 48.2 Å². The van der Waals surface area contributed by atoms with E-state index < -0.39 is 17.7 Å². The number of nitrogens with zero attached hydrogens (tertiary/aromatic N) is 1. The van der Waals surface area contributed by atoms with Gasteiger partial charge in [-0.05, 0) is 37.6 Å². The number of carbonyl (C=O) groups excluding carboxylic acids is 3. The molecule has 25 heavy (non-hydrogen) atoms. The van der Waals surface area contributed by atoms with Gasteiger partial charge in [-0.15, -0.1) is 0 Å². The number of rotatable bonds is 9. The van der Waals surface area contributed by atoms with Gasteiger partial charge >= 0.3 is 0 Å². The van der Waals surface area contributed by atoms with Crippen LogP contribution in [0, 0.1) is 17.8 Å². The second kappa shape index (κ2) is 8.79. The average molecular weight is 351 g/mol. The van der Waals surface area contributed by atoms with E-state index >= 15 is 0 Å². The van der Waals surface area contributed by atoms with E-state index in [4.69, 9.17) is 5.73 Å². The van der Waals surface area contributed by atoms with Gasteiger partial charge in [-0.1, -0.05) is 46.0 Å². The molecule has 6 nitrogen and oxygen atoms in total. The van der Waals surface area contributed by atoms with Gasteiger partial charge in [0.1, 0.15) is 0 Å². The van der Waals surface area contributed by atoms with Crippen molar-refractivity contribution in [2.75, 3.05) is 13.6 Å². The summed E-state index contributed by atoms with van der Waals surface area (Å²) in [5, 5.41) is 2.83. The number of likely N-dealkylation sites (N-methyl/N-ethyl adjacent to an activating group) is 1. The summed E-state index contributed by atoms with van der Waals surface area (Å²) in [4.78, 5) is 38.2. The van der Waals surface area contributed by atoms with E-state index in [1.54, 1.807) is 0 Å². The quantitative estimate of drug-likeness (QED) is 0.615. The Balaban J connectivity index is 1.97. The van der Waals surface area contributed by atoms with Crippen LogP contribution in [0.5, 0.6) is 0 Å². The summed E-state index contributed by atoms with van der Waals surface area (Å²) >= 11 is 0. The van der Waals surface area contributed by atoms with Crippen LogP contribution in [0.1, 0.15) is 58.8 Å². The molecular weight excluding hydrogens is 318 g/mol. The van der Waals surface area contributed by atoms with Gasteiger partial charge < -0.3 is 11.1 Å². The number of carbonyl (C=O) groups is 3. The highest BCUT2D eigenvalue weighted by atomic mass is 16.2. The minimum absolute atomic E-state index is 0.146. The summed E-state index contributed by atoms with van der Waals surface area (Å²) in [7, 11) is 1.96. The van der Waals surface area contributed by atoms with Crippen LogP contribution in [0.3, 0.4) is 0 Å². The molecule has 2 aliphatic rings. The molecule has 3 unspecified atom stereocenters. The Morgan fingerprint density at radius 2 is 1.96 bits per heavy atom. The number of hydrogen-bond acceptors (Lipinski definition) is 4. The molecule has 0 aromatic heterocycles. The Labute approximate surface area is 150 Å². The Hall–Kier alpha value is -1.43. The highest BCUT2D eigenvalue weighted by Crippen LogP contribution is 2.32. The molecule has 1 aliphatic carbocycles. The SMILES string of the molecule is CCCC(C)[C@@H]1CC(C(=O)NC(CC2CCC2)C(=O)C(N)=O)N(C)C1. The Morgan fingerprint density at radius 3 is 2.48 bits per heavy atom. The number of ketones is 1. The predicted octanol–water partition coefficient (Wildman–Crippen LogP) is 1.47. The smallest absolute Gasteiger partial charge is 0.287 e. The van der Waals surface area contributed by atoms with Gasteiger partial charge in [0.05, 0.1) is 12.1 Å². The maximum atomic E-state index is 12.7. The van der Waals surface area contributed by atoms with Crippen LogP contribution in [0.2, 0.25) is 0 Å². The number of hydrogen-bond donors (Lipinski definition) is 2. The third-order valence-electron chi connectivity index (χ3n) is 6.10. The van der Waals surface area contributed by atoms with E-state index in [1.165, 1.54) is 0 Å². The fourth-order valence-corrected chi connectivity index (χ4v) is 4.18. The molecule has 3 N–H and O–H groups in total. The summed E-state index contributed by atoms with van der Waals surface area (Å²) in [5.74, 6) is -0.281. The van der Waals surface area contributed by atoms with Crippen LogP contribution in [0.15, 0.2) is 0 Å². The van der Waals surface area contributed by atoms with Crippen LogP contribution in [-0.2, 0) is 14.4 Å². The van der Waals surface area contributed by atoms with E-state index in [0.29, 0.717) is 24.2 Å². The number of nitrogens with two attached hydrogens (primary N) is 1. The van der Waals surface area contributed by atoms with E-state index in [2.05, 4.69) is 24.1 Å². The zero-order valence-corrected chi connectivity index (χ0v) is 15.8. The van der Waals surface area contributed by atoms with Crippen molar-refractivity contribution in [2.45, 2.75) is 70.9 Å². The van der Waals surface area contributed by atoms with Crippen LogP contribution in [0.4, 0.5) is 0 Å². The predicted molar refractivity (Wildman–Crippen MR) is 96.7 cm³/mol. The minimum atomic E-state index is -0.959. The normalized spacial score (nSPS) is 26.7. The molecule has 2 rings (SSSR count). The zero-order chi connectivity index (χ0) is 18.6. The van der Waals surface area contributed by atoms with Crippen molar-refractivity contribution in [1.29, 1.82) is 0 Å². The number of nitrogens with one attached hydrogen (secondary N) is 1. The third-order valence-corrected chi connectivity index (χ3v) is 6.10. The molecule has 1 saturated heterocycles. The average Bonchev–Trinajstić information content (AvgIpc) is 2.91. The summed E-state index contributed by atoms with van der Waals surface area (Å²) in [6.45, 7) is 5.33. The molecule has 6 heteroatoms. The summed E-state index contributed by atoms with van der Waals surface area (Å²) < 4.78 is 0. The van der Waals surface area contributed by atoms with Crippen molar-refractivity contribution in [1.82, 2.24) is 10.2 Å². The van der Waals surface area contributed by atoms with Gasteiger partial charge in [0, 0.05) is 6.54 Å². The first kappa shape index (κ1) is 19.9. The summed E-state index contributed by atoms with van der Waals surface area (Å²) in [6, 6.07) is -0.996. The Bertz CT molecular complexity index is 504. The summed E-state index contributed by atoms with van der Waals surface area (Å²) in [6.07, 6.45) is 6.91.